The molecule has 0 unspecified atom stereocenters. The maximum Gasteiger partial charge on any atom is 0.259 e. The Balaban J connectivity index is 1.73. The summed E-state index contributed by atoms with van der Waals surface area (Å²) in [7, 11) is 6.43. The maximum atomic E-state index is 13.6. The molecule has 1 saturated heterocycles. The third kappa shape index (κ3) is 3.41. The fraction of sp³-hybridized carbons (Fsp3) is 0.400. The minimum atomic E-state index is -0.0292. The minimum absolute atomic E-state index is 0.0292. The van der Waals surface area contributed by atoms with Gasteiger partial charge in [-0.05, 0) is 35.0 Å². The number of carbonyl (C=O) groups is 1. The van der Waals surface area contributed by atoms with E-state index in [1.807, 2.05) is 17.0 Å². The van der Waals surface area contributed by atoms with Gasteiger partial charge in [-0.15, -0.1) is 0 Å². The van der Waals surface area contributed by atoms with Gasteiger partial charge in [-0.2, -0.15) is 0 Å². The van der Waals surface area contributed by atoms with Crippen molar-refractivity contribution in [3.63, 3.8) is 0 Å². The molecule has 0 bridgehead atoms. The third-order valence-electron chi connectivity index (χ3n) is 6.55. The van der Waals surface area contributed by atoms with Crippen LogP contribution in [0.25, 0.3) is 21.5 Å². The van der Waals surface area contributed by atoms with Crippen molar-refractivity contribution in [3.8, 4) is 23.0 Å². The van der Waals surface area contributed by atoms with E-state index in [4.69, 9.17) is 23.7 Å². The summed E-state index contributed by atoms with van der Waals surface area (Å²) in [6, 6.07) is 7.71. The van der Waals surface area contributed by atoms with E-state index >= 15 is 0 Å². The van der Waals surface area contributed by atoms with Crippen LogP contribution in [-0.4, -0.2) is 78.6 Å². The first-order chi connectivity index (χ1) is 16.1. The average molecular weight is 453 g/mol. The predicted molar refractivity (Wildman–Crippen MR) is 127 cm³/mol. The SMILES string of the molecule is COc1cc2cc3c4c(cc(OC)c(OC)c4c2cc1OC)C(=O)N3CCN1CCOCC1. The topological polar surface area (TPSA) is 69.7 Å². The van der Waals surface area contributed by atoms with Gasteiger partial charge in [0, 0.05) is 37.0 Å². The van der Waals surface area contributed by atoms with E-state index < -0.39 is 0 Å². The van der Waals surface area contributed by atoms with Crippen LogP contribution in [0.3, 0.4) is 0 Å². The van der Waals surface area contributed by atoms with Crippen LogP contribution in [0.1, 0.15) is 10.4 Å². The smallest absolute Gasteiger partial charge is 0.259 e. The molecule has 0 aromatic heterocycles. The second-order valence-corrected chi connectivity index (χ2v) is 8.14. The normalized spacial score (nSPS) is 16.0. The Morgan fingerprint density at radius 3 is 2.18 bits per heavy atom. The second-order valence-electron chi connectivity index (χ2n) is 8.14. The van der Waals surface area contributed by atoms with Gasteiger partial charge in [-0.3, -0.25) is 9.69 Å². The van der Waals surface area contributed by atoms with Crippen molar-refractivity contribution < 1.29 is 28.5 Å². The van der Waals surface area contributed by atoms with Crippen LogP contribution >= 0.6 is 0 Å². The summed E-state index contributed by atoms with van der Waals surface area (Å²) in [5.74, 6) is 2.33. The van der Waals surface area contributed by atoms with Crippen molar-refractivity contribution in [2.24, 2.45) is 0 Å². The Bertz CT molecular complexity index is 1240. The highest BCUT2D eigenvalue weighted by Crippen LogP contribution is 2.50. The summed E-state index contributed by atoms with van der Waals surface area (Å²) in [4.78, 5) is 17.8. The van der Waals surface area contributed by atoms with Crippen LogP contribution in [-0.2, 0) is 4.74 Å². The summed E-state index contributed by atoms with van der Waals surface area (Å²) in [5.41, 5.74) is 1.50. The average Bonchev–Trinajstić information content (AvgIpc) is 3.12. The lowest BCUT2D eigenvalue weighted by molar-refractivity contribution is 0.0391. The molecule has 0 saturated carbocycles. The molecule has 2 aliphatic rings. The lowest BCUT2D eigenvalue weighted by atomic mass is 9.96. The molecule has 0 atom stereocenters. The molecule has 1 amide bonds. The first-order valence-electron chi connectivity index (χ1n) is 11.0. The van der Waals surface area contributed by atoms with Crippen LogP contribution in [0, 0.1) is 0 Å². The van der Waals surface area contributed by atoms with Crippen LogP contribution < -0.4 is 23.8 Å². The fourth-order valence-corrected chi connectivity index (χ4v) is 4.89. The lowest BCUT2D eigenvalue weighted by Crippen LogP contribution is -2.42. The largest absolute Gasteiger partial charge is 0.493 e. The Labute approximate surface area is 192 Å². The van der Waals surface area contributed by atoms with E-state index in [1.165, 1.54) is 0 Å². The zero-order chi connectivity index (χ0) is 23.1. The van der Waals surface area contributed by atoms with E-state index in [-0.39, 0.29) is 5.91 Å². The molecule has 3 aromatic carbocycles. The number of anilines is 1. The number of methoxy groups -OCH3 is 4. The first-order valence-corrected chi connectivity index (χ1v) is 11.0. The molecule has 0 spiro atoms. The van der Waals surface area contributed by atoms with Crippen LogP contribution in [0.2, 0.25) is 0 Å². The molecular formula is C25H28N2O6. The van der Waals surface area contributed by atoms with E-state index in [2.05, 4.69) is 11.0 Å². The molecule has 174 valence electrons. The zero-order valence-electron chi connectivity index (χ0n) is 19.4. The number of hydrogen-bond acceptors (Lipinski definition) is 7. The highest BCUT2D eigenvalue weighted by molar-refractivity contribution is 6.31. The van der Waals surface area contributed by atoms with Gasteiger partial charge < -0.3 is 28.6 Å². The maximum absolute atomic E-state index is 13.6. The Hall–Kier alpha value is -3.23. The molecule has 33 heavy (non-hydrogen) atoms. The van der Waals surface area contributed by atoms with Gasteiger partial charge in [0.25, 0.3) is 5.91 Å². The summed E-state index contributed by atoms with van der Waals surface area (Å²) < 4.78 is 28.0. The van der Waals surface area contributed by atoms with E-state index in [0.29, 0.717) is 35.1 Å². The quantitative estimate of drug-likeness (QED) is 0.510. The van der Waals surface area contributed by atoms with Gasteiger partial charge in [-0.1, -0.05) is 0 Å². The standard InChI is InChI=1S/C25H28N2O6/c1-29-19-12-15-11-18-22-17(25(28)27(18)6-5-26-7-9-33-10-8-26)14-21(31-3)24(32-4)23(22)16(15)13-20(19)30-2/h11-14H,5-10H2,1-4H3. The third-order valence-corrected chi connectivity index (χ3v) is 6.55. The number of amides is 1. The van der Waals surface area contributed by atoms with E-state index in [0.717, 1.165) is 60.1 Å². The summed E-state index contributed by atoms with van der Waals surface area (Å²) in [6.45, 7) is 4.57. The van der Waals surface area contributed by atoms with E-state index in [9.17, 15) is 4.79 Å². The van der Waals surface area contributed by atoms with Crippen LogP contribution in [0.4, 0.5) is 5.69 Å². The summed E-state index contributed by atoms with van der Waals surface area (Å²) in [6.07, 6.45) is 0. The molecule has 8 heteroatoms. The summed E-state index contributed by atoms with van der Waals surface area (Å²) in [5, 5.41) is 3.55. The molecule has 0 aliphatic carbocycles. The van der Waals surface area contributed by atoms with Crippen molar-refractivity contribution in [2.75, 3.05) is 72.7 Å². The van der Waals surface area contributed by atoms with Gasteiger partial charge in [-0.25, -0.2) is 0 Å². The predicted octanol–water partition coefficient (Wildman–Crippen LogP) is 3.32. The Kier molecular flexibility index (Phi) is 5.64. The zero-order valence-corrected chi connectivity index (χ0v) is 19.4. The highest BCUT2D eigenvalue weighted by atomic mass is 16.5. The van der Waals surface area contributed by atoms with Gasteiger partial charge in [0.05, 0.1) is 52.9 Å². The van der Waals surface area contributed by atoms with Gasteiger partial charge in [0.2, 0.25) is 0 Å². The molecule has 0 N–H and O–H groups in total. The molecular weight excluding hydrogens is 424 g/mol. The fourth-order valence-electron chi connectivity index (χ4n) is 4.89. The molecule has 2 aliphatic heterocycles. The number of rotatable bonds is 7. The highest BCUT2D eigenvalue weighted by Gasteiger charge is 2.34. The molecule has 2 heterocycles. The molecule has 5 rings (SSSR count). The summed E-state index contributed by atoms with van der Waals surface area (Å²) >= 11 is 0. The minimum Gasteiger partial charge on any atom is -0.493 e. The Morgan fingerprint density at radius 1 is 0.818 bits per heavy atom. The number of benzene rings is 3. The van der Waals surface area contributed by atoms with E-state index in [1.54, 1.807) is 34.5 Å². The van der Waals surface area contributed by atoms with Crippen molar-refractivity contribution in [3.05, 3.63) is 29.8 Å². The number of hydrogen-bond donors (Lipinski definition) is 0. The Morgan fingerprint density at radius 2 is 1.52 bits per heavy atom. The number of carbonyl (C=O) groups excluding carboxylic acids is 1. The van der Waals surface area contributed by atoms with Gasteiger partial charge in [0.15, 0.2) is 23.0 Å². The van der Waals surface area contributed by atoms with Crippen LogP contribution in [0.5, 0.6) is 23.0 Å². The molecule has 0 radical (unpaired) electrons. The monoisotopic (exact) mass is 452 g/mol. The first kappa shape index (κ1) is 21.6. The molecule has 1 fully saturated rings. The molecule has 8 nitrogen and oxygen atoms in total. The van der Waals surface area contributed by atoms with Crippen molar-refractivity contribution in [1.82, 2.24) is 4.90 Å². The number of morpholine rings is 1. The van der Waals surface area contributed by atoms with Crippen molar-refractivity contribution >= 4 is 33.1 Å². The van der Waals surface area contributed by atoms with Crippen molar-refractivity contribution in [1.29, 1.82) is 0 Å². The number of nitrogens with zero attached hydrogens (tertiary/aromatic N) is 2. The van der Waals surface area contributed by atoms with Crippen LogP contribution in [0.15, 0.2) is 24.3 Å². The van der Waals surface area contributed by atoms with Crippen molar-refractivity contribution in [2.45, 2.75) is 0 Å². The molecule has 3 aromatic rings. The number of fused-ring (bicyclic) bond motifs is 2. The second kappa shape index (κ2) is 8.61. The van der Waals surface area contributed by atoms with Gasteiger partial charge in [0.1, 0.15) is 0 Å². The number of ether oxygens (including phenoxy) is 5. The lowest BCUT2D eigenvalue weighted by Gasteiger charge is -2.28. The van der Waals surface area contributed by atoms with Gasteiger partial charge >= 0.3 is 0 Å².